The molecule has 0 aromatic rings. The highest BCUT2D eigenvalue weighted by molar-refractivity contribution is 5.68. The lowest BCUT2D eigenvalue weighted by atomic mass is 10.1. The third kappa shape index (κ3) is 13.7. The van der Waals surface area contributed by atoms with E-state index in [1.807, 2.05) is 24.3 Å². The standard InChI is InChI=1S/C19H31NO4/c1-3-4-5-6-9-12-15-18(20(22)23)16-13-10-7-8-11-14-17-19(21)24-2/h7,9-10,12,16H,3-6,8,11,13-15,17H2,1-2H3/b10-7-,12-9-,18-16+. The molecule has 0 heterocycles. The van der Waals surface area contributed by atoms with E-state index in [-0.39, 0.29) is 16.6 Å². The Morgan fingerprint density at radius 3 is 2.33 bits per heavy atom. The van der Waals surface area contributed by atoms with Gasteiger partial charge in [0.1, 0.15) is 0 Å². The minimum absolute atomic E-state index is 0.180. The van der Waals surface area contributed by atoms with E-state index in [1.165, 1.54) is 20.0 Å². The number of allylic oxidation sites excluding steroid dienone is 5. The van der Waals surface area contributed by atoms with Gasteiger partial charge in [0, 0.05) is 6.42 Å². The smallest absolute Gasteiger partial charge is 0.305 e. The van der Waals surface area contributed by atoms with Gasteiger partial charge in [-0.2, -0.15) is 0 Å². The van der Waals surface area contributed by atoms with Crippen LogP contribution in [0.3, 0.4) is 0 Å². The number of carbonyl (C=O) groups is 1. The summed E-state index contributed by atoms with van der Waals surface area (Å²) in [6.07, 6.45) is 18.0. The van der Waals surface area contributed by atoms with Gasteiger partial charge in [-0.3, -0.25) is 14.9 Å². The van der Waals surface area contributed by atoms with Gasteiger partial charge in [-0.25, -0.2) is 0 Å². The van der Waals surface area contributed by atoms with Crippen LogP contribution in [0.1, 0.15) is 71.1 Å². The maximum Gasteiger partial charge on any atom is 0.305 e. The van der Waals surface area contributed by atoms with Gasteiger partial charge in [0.15, 0.2) is 0 Å². The van der Waals surface area contributed by atoms with Gasteiger partial charge in [-0.05, 0) is 44.6 Å². The van der Waals surface area contributed by atoms with Crippen molar-refractivity contribution in [2.75, 3.05) is 7.11 Å². The monoisotopic (exact) mass is 337 g/mol. The number of carbonyl (C=O) groups excluding carboxylic acids is 1. The molecule has 0 aromatic carbocycles. The van der Waals surface area contributed by atoms with E-state index in [0.717, 1.165) is 32.1 Å². The second-order valence-corrected chi connectivity index (χ2v) is 5.65. The lowest BCUT2D eigenvalue weighted by Crippen LogP contribution is -1.98. The zero-order chi connectivity index (χ0) is 18.0. The molecule has 0 aliphatic carbocycles. The van der Waals surface area contributed by atoms with Crippen LogP contribution in [0.2, 0.25) is 0 Å². The second kappa shape index (κ2) is 16.0. The van der Waals surface area contributed by atoms with Crippen molar-refractivity contribution in [2.24, 2.45) is 0 Å². The Bertz CT molecular complexity index is 439. The number of hydrogen-bond acceptors (Lipinski definition) is 4. The molecule has 0 aliphatic heterocycles. The molecule has 0 amide bonds. The topological polar surface area (TPSA) is 69.4 Å². The molecule has 5 nitrogen and oxygen atoms in total. The minimum Gasteiger partial charge on any atom is -0.469 e. The largest absolute Gasteiger partial charge is 0.469 e. The molecule has 136 valence electrons. The zero-order valence-electron chi connectivity index (χ0n) is 15.0. The first-order valence-electron chi connectivity index (χ1n) is 8.82. The van der Waals surface area contributed by atoms with E-state index < -0.39 is 0 Å². The van der Waals surface area contributed by atoms with Crippen LogP contribution >= 0.6 is 0 Å². The highest BCUT2D eigenvalue weighted by Gasteiger charge is 2.06. The molecule has 0 aromatic heterocycles. The molecule has 0 spiro atoms. The van der Waals surface area contributed by atoms with Gasteiger partial charge < -0.3 is 4.74 Å². The fourth-order valence-electron chi connectivity index (χ4n) is 2.12. The van der Waals surface area contributed by atoms with Crippen LogP contribution < -0.4 is 0 Å². The predicted octanol–water partition coefficient (Wildman–Crippen LogP) is 5.35. The number of methoxy groups -OCH3 is 1. The summed E-state index contributed by atoms with van der Waals surface area (Å²) in [6, 6.07) is 0. The van der Waals surface area contributed by atoms with Crippen molar-refractivity contribution in [3.8, 4) is 0 Å². The number of unbranched alkanes of at least 4 members (excludes halogenated alkanes) is 5. The summed E-state index contributed by atoms with van der Waals surface area (Å²) in [5.74, 6) is -0.180. The fraction of sp³-hybridized carbons (Fsp3) is 0.632. The number of rotatable bonds is 14. The van der Waals surface area contributed by atoms with Crippen molar-refractivity contribution in [3.63, 3.8) is 0 Å². The molecule has 0 N–H and O–H groups in total. The van der Waals surface area contributed by atoms with Crippen molar-refractivity contribution in [1.29, 1.82) is 0 Å². The van der Waals surface area contributed by atoms with Crippen LogP contribution in [0.4, 0.5) is 0 Å². The maximum atomic E-state index is 11.0. The number of hydrogen-bond donors (Lipinski definition) is 0. The molecule has 0 radical (unpaired) electrons. The van der Waals surface area contributed by atoms with Gasteiger partial charge in [0.2, 0.25) is 5.70 Å². The molecule has 0 saturated carbocycles. The molecule has 0 rings (SSSR count). The average molecular weight is 337 g/mol. The van der Waals surface area contributed by atoms with E-state index in [4.69, 9.17) is 0 Å². The zero-order valence-corrected chi connectivity index (χ0v) is 15.0. The Morgan fingerprint density at radius 1 is 1.04 bits per heavy atom. The summed E-state index contributed by atoms with van der Waals surface area (Å²) >= 11 is 0. The van der Waals surface area contributed by atoms with Gasteiger partial charge >= 0.3 is 5.97 Å². The van der Waals surface area contributed by atoms with Crippen molar-refractivity contribution in [3.05, 3.63) is 46.2 Å². The van der Waals surface area contributed by atoms with Crippen molar-refractivity contribution in [2.45, 2.75) is 71.1 Å². The summed E-state index contributed by atoms with van der Waals surface area (Å²) < 4.78 is 4.57. The molecule has 0 atom stereocenters. The highest BCUT2D eigenvalue weighted by Crippen LogP contribution is 2.08. The molecule has 0 bridgehead atoms. The lowest BCUT2D eigenvalue weighted by Gasteiger charge is -1.97. The number of nitrogens with zero attached hydrogens (tertiary/aromatic N) is 1. The first-order valence-corrected chi connectivity index (χ1v) is 8.82. The fourth-order valence-corrected chi connectivity index (χ4v) is 2.12. The third-order valence-electron chi connectivity index (χ3n) is 3.59. The summed E-state index contributed by atoms with van der Waals surface area (Å²) in [7, 11) is 1.39. The van der Waals surface area contributed by atoms with Gasteiger partial charge in [-0.15, -0.1) is 0 Å². The van der Waals surface area contributed by atoms with Crippen molar-refractivity contribution in [1.82, 2.24) is 0 Å². The van der Waals surface area contributed by atoms with Crippen LogP contribution in [-0.2, 0) is 9.53 Å². The molecule has 5 heteroatoms. The highest BCUT2D eigenvalue weighted by atomic mass is 16.6. The molecule has 24 heavy (non-hydrogen) atoms. The summed E-state index contributed by atoms with van der Waals surface area (Å²) in [5.41, 5.74) is 0.247. The third-order valence-corrected chi connectivity index (χ3v) is 3.59. The van der Waals surface area contributed by atoms with E-state index >= 15 is 0 Å². The number of ether oxygens (including phenoxy) is 1. The van der Waals surface area contributed by atoms with E-state index in [9.17, 15) is 14.9 Å². The Labute approximate surface area is 145 Å². The molecule has 0 saturated heterocycles. The SMILES string of the molecule is CCCCC/C=C\C/C(=C\C/C=C\CCCCC(=O)OC)[N+](=O)[O-]. The molecule has 0 unspecified atom stereocenters. The van der Waals surface area contributed by atoms with Crippen LogP contribution in [0, 0.1) is 10.1 Å². The summed E-state index contributed by atoms with van der Waals surface area (Å²) in [4.78, 5) is 21.6. The molecule has 0 fully saturated rings. The normalized spacial score (nSPS) is 12.2. The van der Waals surface area contributed by atoms with Crippen LogP contribution in [0.15, 0.2) is 36.1 Å². The van der Waals surface area contributed by atoms with Gasteiger partial charge in [0.25, 0.3) is 0 Å². The van der Waals surface area contributed by atoms with Gasteiger partial charge in [0.05, 0.1) is 18.5 Å². The predicted molar refractivity (Wildman–Crippen MR) is 97.2 cm³/mol. The van der Waals surface area contributed by atoms with Crippen LogP contribution in [-0.4, -0.2) is 18.0 Å². The number of nitro groups is 1. The van der Waals surface area contributed by atoms with E-state index in [2.05, 4.69) is 11.7 Å². The average Bonchev–Trinajstić information content (AvgIpc) is 2.57. The molecule has 0 aliphatic rings. The Kier molecular flexibility index (Phi) is 14.7. The quantitative estimate of drug-likeness (QED) is 0.141. The lowest BCUT2D eigenvalue weighted by molar-refractivity contribution is -0.427. The van der Waals surface area contributed by atoms with E-state index in [1.54, 1.807) is 6.08 Å². The minimum atomic E-state index is -0.305. The summed E-state index contributed by atoms with van der Waals surface area (Å²) in [5, 5.41) is 11.0. The Balaban J connectivity index is 3.96. The second-order valence-electron chi connectivity index (χ2n) is 5.65. The van der Waals surface area contributed by atoms with Crippen molar-refractivity contribution < 1.29 is 14.5 Å². The van der Waals surface area contributed by atoms with E-state index in [0.29, 0.717) is 19.3 Å². The Hall–Kier alpha value is -1.91. The molecular weight excluding hydrogens is 306 g/mol. The van der Waals surface area contributed by atoms with Crippen molar-refractivity contribution >= 4 is 5.97 Å². The van der Waals surface area contributed by atoms with Crippen LogP contribution in [0.5, 0.6) is 0 Å². The maximum absolute atomic E-state index is 11.0. The Morgan fingerprint density at radius 2 is 1.71 bits per heavy atom. The number of esters is 1. The first-order chi connectivity index (χ1) is 11.6. The first kappa shape index (κ1) is 22.1. The summed E-state index contributed by atoms with van der Waals surface area (Å²) in [6.45, 7) is 2.16. The van der Waals surface area contributed by atoms with Gasteiger partial charge in [-0.1, -0.05) is 44.1 Å². The van der Waals surface area contributed by atoms with Crippen LogP contribution in [0.25, 0.3) is 0 Å². The molecular formula is C19H31NO4.